The Balaban J connectivity index is 4.37. The van der Waals surface area contributed by atoms with E-state index in [0.717, 1.165) is 0 Å². The van der Waals surface area contributed by atoms with Gasteiger partial charge in [0.2, 0.25) is 11.8 Å². The monoisotopic (exact) mass is 215 g/mol. The van der Waals surface area contributed by atoms with Crippen LogP contribution in [0, 0.1) is 0 Å². The minimum absolute atomic E-state index is 0.0893. The van der Waals surface area contributed by atoms with Crippen LogP contribution in [0.3, 0.4) is 0 Å². The summed E-state index contributed by atoms with van der Waals surface area (Å²) in [4.78, 5) is 26.1. The van der Waals surface area contributed by atoms with Gasteiger partial charge in [-0.2, -0.15) is 0 Å². The summed E-state index contributed by atoms with van der Waals surface area (Å²) in [6.45, 7) is 4.30. The van der Waals surface area contributed by atoms with E-state index in [1.165, 1.54) is 9.80 Å². The lowest BCUT2D eigenvalue weighted by Gasteiger charge is -2.24. The van der Waals surface area contributed by atoms with Gasteiger partial charge in [-0.3, -0.25) is 9.59 Å². The first-order valence-corrected chi connectivity index (χ1v) is 5.18. The highest BCUT2D eigenvalue weighted by atomic mass is 16.2. The number of nitrogens with zero attached hydrogens (tertiary/aromatic N) is 2. The molecule has 0 heterocycles. The number of amides is 2. The first-order chi connectivity index (χ1) is 6.93. The van der Waals surface area contributed by atoms with Crippen molar-refractivity contribution in [3.05, 3.63) is 0 Å². The Morgan fingerprint density at radius 2 is 1.80 bits per heavy atom. The van der Waals surface area contributed by atoms with Crippen LogP contribution >= 0.6 is 0 Å². The van der Waals surface area contributed by atoms with Gasteiger partial charge in [-0.05, 0) is 13.3 Å². The summed E-state index contributed by atoms with van der Waals surface area (Å²) in [6, 6.07) is -0.500. The zero-order valence-electron chi connectivity index (χ0n) is 9.99. The molecule has 0 saturated heterocycles. The van der Waals surface area contributed by atoms with Gasteiger partial charge in [0, 0.05) is 20.6 Å². The molecule has 0 rings (SSSR count). The van der Waals surface area contributed by atoms with E-state index < -0.39 is 6.04 Å². The molecule has 15 heavy (non-hydrogen) atoms. The molecular weight excluding hydrogens is 194 g/mol. The van der Waals surface area contributed by atoms with Gasteiger partial charge >= 0.3 is 0 Å². The third-order valence-electron chi connectivity index (χ3n) is 2.28. The van der Waals surface area contributed by atoms with E-state index in [-0.39, 0.29) is 18.4 Å². The zero-order valence-corrected chi connectivity index (χ0v) is 9.99. The predicted octanol–water partition coefficient (Wildman–Crippen LogP) is -0.340. The van der Waals surface area contributed by atoms with Gasteiger partial charge in [-0.1, -0.05) is 6.92 Å². The lowest BCUT2D eigenvalue weighted by Crippen LogP contribution is -2.47. The van der Waals surface area contributed by atoms with Gasteiger partial charge in [0.15, 0.2) is 0 Å². The van der Waals surface area contributed by atoms with Crippen molar-refractivity contribution in [2.24, 2.45) is 5.73 Å². The van der Waals surface area contributed by atoms with Crippen LogP contribution in [-0.2, 0) is 9.59 Å². The fourth-order valence-electron chi connectivity index (χ4n) is 1.06. The van der Waals surface area contributed by atoms with Crippen molar-refractivity contribution in [1.82, 2.24) is 9.80 Å². The van der Waals surface area contributed by atoms with Crippen LogP contribution in [0.15, 0.2) is 0 Å². The highest BCUT2D eigenvalue weighted by Crippen LogP contribution is 1.97. The first kappa shape index (κ1) is 13.9. The van der Waals surface area contributed by atoms with Crippen LogP contribution in [-0.4, -0.2) is 54.8 Å². The molecule has 2 N–H and O–H groups in total. The second-order valence-corrected chi connectivity index (χ2v) is 3.66. The molecule has 0 saturated carbocycles. The standard InChI is InChI=1S/C10H21N3O2/c1-5-8(11)10(15)13(6-2)7-9(14)12(3)4/h8H,5-7,11H2,1-4H3. The fourth-order valence-corrected chi connectivity index (χ4v) is 1.06. The molecule has 2 amide bonds. The maximum atomic E-state index is 11.7. The molecule has 0 radical (unpaired) electrons. The molecule has 0 bridgehead atoms. The van der Waals surface area contributed by atoms with Gasteiger partial charge < -0.3 is 15.5 Å². The number of likely N-dealkylation sites (N-methyl/N-ethyl adjacent to an activating group) is 2. The van der Waals surface area contributed by atoms with E-state index >= 15 is 0 Å². The number of hydrogen-bond acceptors (Lipinski definition) is 3. The lowest BCUT2D eigenvalue weighted by molar-refractivity contribution is -0.139. The largest absolute Gasteiger partial charge is 0.347 e. The molecule has 0 aromatic carbocycles. The van der Waals surface area contributed by atoms with Crippen LogP contribution in [0.25, 0.3) is 0 Å². The number of carbonyl (C=O) groups excluding carboxylic acids is 2. The minimum Gasteiger partial charge on any atom is -0.347 e. The Morgan fingerprint density at radius 1 is 1.27 bits per heavy atom. The van der Waals surface area contributed by atoms with Crippen LogP contribution in [0.4, 0.5) is 0 Å². The molecule has 5 nitrogen and oxygen atoms in total. The molecule has 0 aromatic heterocycles. The summed E-state index contributed by atoms with van der Waals surface area (Å²) in [7, 11) is 3.33. The van der Waals surface area contributed by atoms with E-state index in [1.54, 1.807) is 14.1 Å². The van der Waals surface area contributed by atoms with E-state index in [2.05, 4.69) is 0 Å². The molecule has 0 spiro atoms. The molecular formula is C10H21N3O2. The van der Waals surface area contributed by atoms with Crippen molar-refractivity contribution >= 4 is 11.8 Å². The Bertz CT molecular complexity index is 229. The second kappa shape index (κ2) is 6.40. The summed E-state index contributed by atoms with van der Waals surface area (Å²) in [5, 5.41) is 0. The van der Waals surface area contributed by atoms with Gasteiger partial charge in [-0.25, -0.2) is 0 Å². The Hall–Kier alpha value is -1.10. The Kier molecular flexibility index (Phi) is 5.93. The van der Waals surface area contributed by atoms with Crippen LogP contribution in [0.2, 0.25) is 0 Å². The number of carbonyl (C=O) groups is 2. The van der Waals surface area contributed by atoms with E-state index in [1.807, 2.05) is 13.8 Å². The second-order valence-electron chi connectivity index (χ2n) is 3.66. The molecule has 0 aromatic rings. The zero-order chi connectivity index (χ0) is 12.0. The summed E-state index contributed by atoms with van der Waals surface area (Å²) >= 11 is 0. The third kappa shape index (κ3) is 4.29. The van der Waals surface area contributed by atoms with Gasteiger partial charge in [0.25, 0.3) is 0 Å². The minimum atomic E-state index is -0.500. The summed E-state index contributed by atoms with van der Waals surface area (Å²) in [5.41, 5.74) is 5.63. The lowest BCUT2D eigenvalue weighted by atomic mass is 10.2. The molecule has 1 unspecified atom stereocenters. The highest BCUT2D eigenvalue weighted by molar-refractivity contribution is 5.87. The van der Waals surface area contributed by atoms with Crippen LogP contribution in [0.1, 0.15) is 20.3 Å². The number of rotatable bonds is 5. The van der Waals surface area contributed by atoms with Crippen molar-refractivity contribution in [2.75, 3.05) is 27.2 Å². The third-order valence-corrected chi connectivity index (χ3v) is 2.28. The molecule has 0 aliphatic carbocycles. The number of hydrogen-bond donors (Lipinski definition) is 1. The van der Waals surface area contributed by atoms with E-state index in [0.29, 0.717) is 13.0 Å². The quantitative estimate of drug-likeness (QED) is 0.682. The average molecular weight is 215 g/mol. The number of nitrogens with two attached hydrogens (primary N) is 1. The molecule has 88 valence electrons. The van der Waals surface area contributed by atoms with Gasteiger partial charge in [0.1, 0.15) is 0 Å². The Morgan fingerprint density at radius 3 is 2.13 bits per heavy atom. The summed E-state index contributed by atoms with van der Waals surface area (Å²) < 4.78 is 0. The first-order valence-electron chi connectivity index (χ1n) is 5.18. The molecule has 0 aliphatic rings. The average Bonchev–Trinajstić information content (AvgIpc) is 2.23. The topological polar surface area (TPSA) is 66.6 Å². The normalized spacial score (nSPS) is 12.1. The van der Waals surface area contributed by atoms with Gasteiger partial charge in [-0.15, -0.1) is 0 Å². The molecule has 5 heteroatoms. The van der Waals surface area contributed by atoms with Crippen LogP contribution in [0.5, 0.6) is 0 Å². The van der Waals surface area contributed by atoms with Crippen molar-refractivity contribution < 1.29 is 9.59 Å². The van der Waals surface area contributed by atoms with Crippen molar-refractivity contribution in [3.8, 4) is 0 Å². The smallest absolute Gasteiger partial charge is 0.241 e. The fraction of sp³-hybridized carbons (Fsp3) is 0.800. The van der Waals surface area contributed by atoms with Crippen molar-refractivity contribution in [1.29, 1.82) is 0 Å². The summed E-state index contributed by atoms with van der Waals surface area (Å²) in [6.07, 6.45) is 0.589. The van der Waals surface area contributed by atoms with E-state index in [4.69, 9.17) is 5.73 Å². The maximum Gasteiger partial charge on any atom is 0.241 e. The van der Waals surface area contributed by atoms with Crippen molar-refractivity contribution in [3.63, 3.8) is 0 Å². The van der Waals surface area contributed by atoms with Crippen molar-refractivity contribution in [2.45, 2.75) is 26.3 Å². The molecule has 0 aliphatic heterocycles. The SMILES string of the molecule is CCC(N)C(=O)N(CC)CC(=O)N(C)C. The van der Waals surface area contributed by atoms with Crippen LogP contribution < -0.4 is 5.73 Å². The molecule has 1 atom stereocenters. The molecule has 0 fully saturated rings. The Labute approximate surface area is 91.2 Å². The predicted molar refractivity (Wildman–Crippen MR) is 59.2 cm³/mol. The highest BCUT2D eigenvalue weighted by Gasteiger charge is 2.20. The van der Waals surface area contributed by atoms with E-state index in [9.17, 15) is 9.59 Å². The maximum absolute atomic E-state index is 11.7. The van der Waals surface area contributed by atoms with Gasteiger partial charge in [0.05, 0.1) is 12.6 Å². The summed E-state index contributed by atoms with van der Waals surface area (Å²) in [5.74, 6) is -0.247.